The van der Waals surface area contributed by atoms with Crippen molar-refractivity contribution in [2.45, 2.75) is 33.6 Å². The Morgan fingerprint density at radius 2 is 1.74 bits per heavy atom. The maximum atomic E-state index is 11.9. The van der Waals surface area contributed by atoms with Crippen LogP contribution in [0.25, 0.3) is 10.9 Å². The molecule has 3 N–H and O–H groups in total. The summed E-state index contributed by atoms with van der Waals surface area (Å²) in [7, 11) is 1.62. The Kier molecular flexibility index (Phi) is 9.92. The fourth-order valence-corrected chi connectivity index (χ4v) is 3.59. The lowest BCUT2D eigenvalue weighted by Crippen LogP contribution is -2.29. The summed E-state index contributed by atoms with van der Waals surface area (Å²) in [6, 6.07) is 11.0. The van der Waals surface area contributed by atoms with Gasteiger partial charge in [-0.05, 0) is 49.8 Å². The van der Waals surface area contributed by atoms with Crippen LogP contribution in [0.2, 0.25) is 0 Å². The number of benzene rings is 2. The first-order valence-electron chi connectivity index (χ1n) is 12.2. The van der Waals surface area contributed by atoms with E-state index in [0.717, 1.165) is 49.1 Å². The highest BCUT2D eigenvalue weighted by Gasteiger charge is 2.13. The lowest BCUT2D eigenvalue weighted by molar-refractivity contribution is 0.217. The van der Waals surface area contributed by atoms with Crippen molar-refractivity contribution in [3.8, 4) is 11.5 Å². The van der Waals surface area contributed by atoms with Crippen molar-refractivity contribution in [3.63, 3.8) is 0 Å². The van der Waals surface area contributed by atoms with Crippen LogP contribution < -0.4 is 25.4 Å². The van der Waals surface area contributed by atoms with Gasteiger partial charge in [0, 0.05) is 35.9 Å². The Morgan fingerprint density at radius 3 is 2.43 bits per heavy atom. The van der Waals surface area contributed by atoms with Crippen molar-refractivity contribution >= 4 is 34.1 Å². The molecule has 9 nitrogen and oxygen atoms in total. The van der Waals surface area contributed by atoms with Gasteiger partial charge in [0.2, 0.25) is 0 Å². The number of ether oxygens (including phenoxy) is 2. The summed E-state index contributed by atoms with van der Waals surface area (Å²) >= 11 is 0. The molecule has 1 aromatic heterocycles. The van der Waals surface area contributed by atoms with Gasteiger partial charge >= 0.3 is 6.03 Å². The lowest BCUT2D eigenvalue weighted by Gasteiger charge is -2.19. The second kappa shape index (κ2) is 13.3. The zero-order chi connectivity index (χ0) is 25.0. The topological polar surface area (TPSA) is 101 Å². The normalized spacial score (nSPS) is 10.9. The number of aromatic nitrogens is 2. The van der Waals surface area contributed by atoms with E-state index in [1.807, 2.05) is 36.4 Å². The maximum Gasteiger partial charge on any atom is 0.319 e. The molecule has 0 aliphatic rings. The maximum absolute atomic E-state index is 11.9. The molecule has 3 aromatic rings. The molecule has 0 saturated heterocycles. The molecule has 0 unspecified atom stereocenters. The van der Waals surface area contributed by atoms with Crippen molar-refractivity contribution in [2.24, 2.45) is 0 Å². The Labute approximate surface area is 207 Å². The predicted octanol–water partition coefficient (Wildman–Crippen LogP) is 5.02. The average molecular weight is 481 g/mol. The number of nitrogens with zero attached hydrogens (tertiary/aromatic N) is 3. The fraction of sp³-hybridized carbons (Fsp3) is 0.423. The number of hydrogen-bond donors (Lipinski definition) is 3. The molecule has 2 amide bonds. The molecular formula is C26H36N6O3. The van der Waals surface area contributed by atoms with Crippen LogP contribution in [0.4, 0.5) is 22.0 Å². The SMILES string of the molecule is CCCCNC(=O)Nc1ccc(Nc2ncnc3cc(OCCN(CC)CC)c(OC)cc23)cc1. The summed E-state index contributed by atoms with van der Waals surface area (Å²) in [4.78, 5) is 23.1. The van der Waals surface area contributed by atoms with Gasteiger partial charge in [-0.15, -0.1) is 0 Å². The summed E-state index contributed by atoms with van der Waals surface area (Å²) in [6.45, 7) is 10.4. The molecule has 9 heteroatoms. The smallest absolute Gasteiger partial charge is 0.319 e. The zero-order valence-corrected chi connectivity index (χ0v) is 21.1. The zero-order valence-electron chi connectivity index (χ0n) is 21.1. The first-order valence-corrected chi connectivity index (χ1v) is 12.2. The van der Waals surface area contributed by atoms with Crippen LogP contribution in [0.1, 0.15) is 33.6 Å². The molecule has 35 heavy (non-hydrogen) atoms. The third-order valence-corrected chi connectivity index (χ3v) is 5.70. The van der Waals surface area contributed by atoms with Gasteiger partial charge in [-0.3, -0.25) is 0 Å². The molecule has 0 atom stereocenters. The molecule has 0 fully saturated rings. The summed E-state index contributed by atoms with van der Waals surface area (Å²) < 4.78 is 11.6. The van der Waals surface area contributed by atoms with Crippen molar-refractivity contribution in [1.29, 1.82) is 0 Å². The van der Waals surface area contributed by atoms with Crippen LogP contribution in [0.3, 0.4) is 0 Å². The van der Waals surface area contributed by atoms with Crippen molar-refractivity contribution < 1.29 is 14.3 Å². The highest BCUT2D eigenvalue weighted by Crippen LogP contribution is 2.34. The molecule has 0 bridgehead atoms. The van der Waals surface area contributed by atoms with Crippen LogP contribution in [0, 0.1) is 0 Å². The van der Waals surface area contributed by atoms with Gasteiger partial charge in [-0.1, -0.05) is 27.2 Å². The minimum Gasteiger partial charge on any atom is -0.493 e. The number of rotatable bonds is 13. The lowest BCUT2D eigenvalue weighted by atomic mass is 10.2. The number of likely N-dealkylation sites (N-methyl/N-ethyl adjacent to an activating group) is 1. The third kappa shape index (κ3) is 7.45. The molecule has 1 heterocycles. The number of urea groups is 1. The Hall–Kier alpha value is -3.59. The van der Waals surface area contributed by atoms with Gasteiger partial charge < -0.3 is 30.3 Å². The molecule has 188 valence electrons. The molecule has 0 saturated carbocycles. The van der Waals surface area contributed by atoms with E-state index in [1.54, 1.807) is 7.11 Å². The Morgan fingerprint density at radius 1 is 1.00 bits per heavy atom. The second-order valence-electron chi connectivity index (χ2n) is 8.05. The van der Waals surface area contributed by atoms with Gasteiger partial charge in [-0.25, -0.2) is 14.8 Å². The Balaban J connectivity index is 1.70. The van der Waals surface area contributed by atoms with Gasteiger partial charge in [0.15, 0.2) is 11.5 Å². The van der Waals surface area contributed by atoms with E-state index >= 15 is 0 Å². The van der Waals surface area contributed by atoms with E-state index in [-0.39, 0.29) is 6.03 Å². The number of nitrogens with one attached hydrogen (secondary N) is 3. The molecule has 0 aliphatic heterocycles. The highest BCUT2D eigenvalue weighted by molar-refractivity contribution is 5.93. The average Bonchev–Trinajstić information content (AvgIpc) is 2.87. The number of unbranched alkanes of at least 4 members (excludes halogenated alkanes) is 1. The molecule has 3 rings (SSSR count). The standard InChI is InChI=1S/C26H36N6O3/c1-5-8-13-27-26(33)31-20-11-9-19(10-12-20)30-25-21-16-23(34-4)24(17-22(21)28-18-29-25)35-15-14-32(6-2)7-3/h9-12,16-18H,5-8,13-15H2,1-4H3,(H2,27,31,33)(H,28,29,30). The van der Waals surface area contributed by atoms with E-state index in [4.69, 9.17) is 9.47 Å². The van der Waals surface area contributed by atoms with Crippen LogP contribution in [-0.2, 0) is 0 Å². The van der Waals surface area contributed by atoms with E-state index < -0.39 is 0 Å². The van der Waals surface area contributed by atoms with Crippen molar-refractivity contribution in [3.05, 3.63) is 42.7 Å². The quantitative estimate of drug-likeness (QED) is 0.295. The van der Waals surface area contributed by atoms with Gasteiger partial charge in [0.25, 0.3) is 0 Å². The van der Waals surface area contributed by atoms with Crippen LogP contribution >= 0.6 is 0 Å². The largest absolute Gasteiger partial charge is 0.493 e. The minimum atomic E-state index is -0.205. The van der Waals surface area contributed by atoms with E-state index in [0.29, 0.717) is 36.2 Å². The van der Waals surface area contributed by atoms with Crippen LogP contribution in [0.15, 0.2) is 42.7 Å². The van der Waals surface area contributed by atoms with Crippen LogP contribution in [-0.4, -0.2) is 60.8 Å². The first kappa shape index (κ1) is 26.0. The summed E-state index contributed by atoms with van der Waals surface area (Å²) in [5.41, 5.74) is 2.30. The Bertz CT molecular complexity index is 1090. The van der Waals surface area contributed by atoms with E-state index in [9.17, 15) is 4.79 Å². The summed E-state index contributed by atoms with van der Waals surface area (Å²) in [5, 5.41) is 9.82. The molecule has 0 radical (unpaired) electrons. The number of amides is 2. The predicted molar refractivity (Wildman–Crippen MR) is 141 cm³/mol. The second-order valence-corrected chi connectivity index (χ2v) is 8.05. The van der Waals surface area contributed by atoms with Crippen molar-refractivity contribution in [1.82, 2.24) is 20.2 Å². The van der Waals surface area contributed by atoms with Gasteiger partial charge in [0.1, 0.15) is 18.8 Å². The number of carbonyl (C=O) groups is 1. The van der Waals surface area contributed by atoms with Crippen molar-refractivity contribution in [2.75, 3.05) is 50.5 Å². The van der Waals surface area contributed by atoms with E-state index in [1.165, 1.54) is 6.33 Å². The van der Waals surface area contributed by atoms with Gasteiger partial charge in [0.05, 0.1) is 12.6 Å². The summed E-state index contributed by atoms with van der Waals surface area (Å²) in [6.07, 6.45) is 3.51. The minimum absolute atomic E-state index is 0.205. The van der Waals surface area contributed by atoms with Crippen LogP contribution in [0.5, 0.6) is 11.5 Å². The fourth-order valence-electron chi connectivity index (χ4n) is 3.59. The monoisotopic (exact) mass is 480 g/mol. The summed E-state index contributed by atoms with van der Waals surface area (Å²) in [5.74, 6) is 1.94. The number of fused-ring (bicyclic) bond motifs is 1. The molecule has 0 aliphatic carbocycles. The number of anilines is 3. The number of hydrogen-bond acceptors (Lipinski definition) is 7. The number of carbonyl (C=O) groups excluding carboxylic acids is 1. The highest BCUT2D eigenvalue weighted by atomic mass is 16.5. The first-order chi connectivity index (χ1) is 17.1. The third-order valence-electron chi connectivity index (χ3n) is 5.70. The molecule has 2 aromatic carbocycles. The molecular weight excluding hydrogens is 444 g/mol. The molecule has 0 spiro atoms. The van der Waals surface area contributed by atoms with E-state index in [2.05, 4.69) is 51.6 Å². The van der Waals surface area contributed by atoms with Gasteiger partial charge in [-0.2, -0.15) is 0 Å². The number of methoxy groups -OCH3 is 1.